The number of piperidine rings is 1. The van der Waals surface area contributed by atoms with E-state index < -0.39 is 0 Å². The Morgan fingerprint density at radius 2 is 1.67 bits per heavy atom. The summed E-state index contributed by atoms with van der Waals surface area (Å²) in [5, 5.41) is 4.42. The van der Waals surface area contributed by atoms with Crippen molar-refractivity contribution in [1.82, 2.24) is 15.1 Å². The molecule has 2 fully saturated rings. The van der Waals surface area contributed by atoms with Crippen molar-refractivity contribution in [3.63, 3.8) is 0 Å². The molecule has 0 radical (unpaired) electrons. The molecule has 2 saturated heterocycles. The zero-order valence-corrected chi connectivity index (χ0v) is 18.9. The fourth-order valence-electron chi connectivity index (χ4n) is 4.39. The summed E-state index contributed by atoms with van der Waals surface area (Å²) >= 11 is 1.65. The van der Waals surface area contributed by atoms with Crippen LogP contribution in [0.5, 0.6) is 0 Å². The van der Waals surface area contributed by atoms with Crippen LogP contribution >= 0.6 is 11.3 Å². The maximum atomic E-state index is 12.9. The van der Waals surface area contributed by atoms with Gasteiger partial charge in [0.1, 0.15) is 0 Å². The monoisotopic (exact) mass is 426 g/mol. The smallest absolute Gasteiger partial charge is 0.261 e. The Balaban J connectivity index is 1.40. The summed E-state index contributed by atoms with van der Waals surface area (Å²) in [5.74, 6) is 0.0626. The summed E-state index contributed by atoms with van der Waals surface area (Å²) in [5.41, 5.74) is 2.39. The molecule has 1 amide bonds. The van der Waals surface area contributed by atoms with E-state index in [1.165, 1.54) is 35.4 Å². The van der Waals surface area contributed by atoms with Crippen molar-refractivity contribution < 1.29 is 4.79 Å². The average molecular weight is 427 g/mol. The number of carbonyl (C=O) groups is 1. The Kier molecular flexibility index (Phi) is 7.42. The van der Waals surface area contributed by atoms with Crippen LogP contribution < -0.4 is 10.2 Å². The van der Waals surface area contributed by atoms with Gasteiger partial charge in [0.2, 0.25) is 0 Å². The van der Waals surface area contributed by atoms with Crippen molar-refractivity contribution in [3.8, 4) is 11.1 Å². The molecule has 1 aromatic carbocycles. The highest BCUT2D eigenvalue weighted by Gasteiger charge is 2.22. The normalized spacial score (nSPS) is 18.5. The molecule has 5 nitrogen and oxygen atoms in total. The number of nitrogens with one attached hydrogen (secondary N) is 1. The number of hydrogen-bond donors (Lipinski definition) is 1. The molecule has 0 bridgehead atoms. The summed E-state index contributed by atoms with van der Waals surface area (Å²) in [6.07, 6.45) is 3.78. The molecule has 162 valence electrons. The van der Waals surface area contributed by atoms with E-state index in [-0.39, 0.29) is 5.91 Å². The van der Waals surface area contributed by atoms with E-state index in [2.05, 4.69) is 57.3 Å². The molecule has 3 heterocycles. The highest BCUT2D eigenvalue weighted by atomic mass is 32.1. The number of benzene rings is 1. The minimum atomic E-state index is 0.0626. The molecule has 30 heavy (non-hydrogen) atoms. The molecule has 0 saturated carbocycles. The van der Waals surface area contributed by atoms with Gasteiger partial charge in [0.15, 0.2) is 0 Å². The quantitative estimate of drug-likeness (QED) is 0.731. The summed E-state index contributed by atoms with van der Waals surface area (Å²) in [6, 6.07) is 12.6. The molecular weight excluding hydrogens is 392 g/mol. The highest BCUT2D eigenvalue weighted by Crippen LogP contribution is 2.40. The van der Waals surface area contributed by atoms with Crippen molar-refractivity contribution in [2.24, 2.45) is 0 Å². The lowest BCUT2D eigenvalue weighted by atomic mass is 10.1. The van der Waals surface area contributed by atoms with Gasteiger partial charge < -0.3 is 15.1 Å². The van der Waals surface area contributed by atoms with Crippen molar-refractivity contribution in [1.29, 1.82) is 0 Å². The van der Waals surface area contributed by atoms with Gasteiger partial charge in [0.25, 0.3) is 5.91 Å². The number of hydrogen-bond acceptors (Lipinski definition) is 5. The Morgan fingerprint density at radius 1 is 0.967 bits per heavy atom. The van der Waals surface area contributed by atoms with E-state index in [0.29, 0.717) is 6.54 Å². The summed E-state index contributed by atoms with van der Waals surface area (Å²) in [4.78, 5) is 21.1. The Bertz CT molecular complexity index is 808. The number of amides is 1. The zero-order chi connectivity index (χ0) is 20.8. The minimum Gasteiger partial charge on any atom is -0.363 e. The van der Waals surface area contributed by atoms with Crippen LogP contribution in [0.15, 0.2) is 36.4 Å². The standard InChI is InChI=1S/C24H34N4OS/c1-2-26-15-17-27(18-16-26)14-11-25-23(29)22-19-21(20-9-5-3-6-10-20)24(30-22)28-12-7-4-8-13-28/h3,5-6,9-10,19H,2,4,7-8,11-18H2,1H3,(H,25,29). The molecule has 0 atom stereocenters. The molecule has 6 heteroatoms. The second-order valence-corrected chi connectivity index (χ2v) is 9.31. The SMILES string of the molecule is CCN1CCN(CCNC(=O)c2cc(-c3ccccc3)c(N3CCCCC3)s2)CC1. The molecule has 2 aromatic rings. The predicted octanol–water partition coefficient (Wildman–Crippen LogP) is 3.77. The fraction of sp³-hybridized carbons (Fsp3) is 0.542. The first-order valence-corrected chi connectivity index (χ1v) is 12.2. The van der Waals surface area contributed by atoms with Gasteiger partial charge in [-0.05, 0) is 37.4 Å². The Labute approximate surface area is 184 Å². The molecule has 2 aliphatic rings. The zero-order valence-electron chi connectivity index (χ0n) is 18.1. The summed E-state index contributed by atoms with van der Waals surface area (Å²) in [6.45, 7) is 11.6. The van der Waals surface area contributed by atoms with Gasteiger partial charge in [-0.3, -0.25) is 9.69 Å². The van der Waals surface area contributed by atoms with Crippen LogP contribution in [0.3, 0.4) is 0 Å². The maximum absolute atomic E-state index is 12.9. The fourth-order valence-corrected chi connectivity index (χ4v) is 5.54. The maximum Gasteiger partial charge on any atom is 0.261 e. The molecule has 0 aliphatic carbocycles. The predicted molar refractivity (Wildman–Crippen MR) is 127 cm³/mol. The van der Waals surface area contributed by atoms with Gasteiger partial charge in [0, 0.05) is 57.9 Å². The first-order valence-electron chi connectivity index (χ1n) is 11.4. The van der Waals surface area contributed by atoms with Crippen molar-refractivity contribution in [2.75, 3.05) is 63.8 Å². The van der Waals surface area contributed by atoms with E-state index in [1.54, 1.807) is 11.3 Å². The van der Waals surface area contributed by atoms with Gasteiger partial charge in [0.05, 0.1) is 9.88 Å². The number of rotatable bonds is 7. The molecule has 4 rings (SSSR count). The third-order valence-electron chi connectivity index (χ3n) is 6.29. The molecular formula is C24H34N4OS. The lowest BCUT2D eigenvalue weighted by Crippen LogP contribution is -2.48. The van der Waals surface area contributed by atoms with Crippen LogP contribution in [0.1, 0.15) is 35.9 Å². The average Bonchev–Trinajstić information content (AvgIpc) is 3.26. The molecule has 0 spiro atoms. The lowest BCUT2D eigenvalue weighted by molar-refractivity contribution is 0.0942. The number of thiophene rings is 1. The summed E-state index contributed by atoms with van der Waals surface area (Å²) < 4.78 is 0. The van der Waals surface area contributed by atoms with E-state index in [1.807, 2.05) is 6.07 Å². The van der Waals surface area contributed by atoms with Crippen LogP contribution in [0, 0.1) is 0 Å². The Hall–Kier alpha value is -1.89. The van der Waals surface area contributed by atoms with Crippen LogP contribution in [-0.2, 0) is 0 Å². The third kappa shape index (κ3) is 5.23. The third-order valence-corrected chi connectivity index (χ3v) is 7.48. The van der Waals surface area contributed by atoms with Crippen LogP contribution in [0.25, 0.3) is 11.1 Å². The first-order chi connectivity index (χ1) is 14.7. The van der Waals surface area contributed by atoms with E-state index in [0.717, 1.165) is 57.2 Å². The number of piperazine rings is 1. The van der Waals surface area contributed by atoms with Gasteiger partial charge in [-0.25, -0.2) is 0 Å². The van der Waals surface area contributed by atoms with Gasteiger partial charge in [-0.15, -0.1) is 11.3 Å². The first kappa shape index (κ1) is 21.3. The van der Waals surface area contributed by atoms with Crippen molar-refractivity contribution >= 4 is 22.2 Å². The molecule has 1 N–H and O–H groups in total. The van der Waals surface area contributed by atoms with Gasteiger partial charge >= 0.3 is 0 Å². The van der Waals surface area contributed by atoms with Crippen molar-refractivity contribution in [2.45, 2.75) is 26.2 Å². The number of likely N-dealkylation sites (N-methyl/N-ethyl adjacent to an activating group) is 1. The minimum absolute atomic E-state index is 0.0626. The van der Waals surface area contributed by atoms with Crippen LogP contribution in [-0.4, -0.2) is 74.6 Å². The molecule has 2 aliphatic heterocycles. The van der Waals surface area contributed by atoms with Crippen molar-refractivity contribution in [3.05, 3.63) is 41.3 Å². The largest absolute Gasteiger partial charge is 0.363 e. The number of anilines is 1. The van der Waals surface area contributed by atoms with Crippen LogP contribution in [0.2, 0.25) is 0 Å². The second-order valence-electron chi connectivity index (χ2n) is 8.28. The number of carbonyl (C=O) groups excluding carboxylic acids is 1. The van der Waals surface area contributed by atoms with E-state index >= 15 is 0 Å². The van der Waals surface area contributed by atoms with Gasteiger partial charge in [-0.2, -0.15) is 0 Å². The topological polar surface area (TPSA) is 38.8 Å². The molecule has 1 aromatic heterocycles. The highest BCUT2D eigenvalue weighted by molar-refractivity contribution is 7.18. The Morgan fingerprint density at radius 3 is 2.37 bits per heavy atom. The number of nitrogens with zero attached hydrogens (tertiary/aromatic N) is 3. The summed E-state index contributed by atoms with van der Waals surface area (Å²) in [7, 11) is 0. The molecule has 0 unspecified atom stereocenters. The van der Waals surface area contributed by atoms with Crippen LogP contribution in [0.4, 0.5) is 5.00 Å². The van der Waals surface area contributed by atoms with Gasteiger partial charge in [-0.1, -0.05) is 37.3 Å². The van der Waals surface area contributed by atoms with E-state index in [4.69, 9.17) is 0 Å². The second kappa shape index (κ2) is 10.4. The lowest BCUT2D eigenvalue weighted by Gasteiger charge is -2.33. The van der Waals surface area contributed by atoms with E-state index in [9.17, 15) is 4.79 Å².